The minimum Gasteiger partial charge on any atom is -0.493 e. The smallest absolute Gasteiger partial charge is 0.255 e. The minimum absolute atomic E-state index is 0.172. The average Bonchev–Trinajstić information content (AvgIpc) is 3.26. The summed E-state index contributed by atoms with van der Waals surface area (Å²) in [6.45, 7) is 0.828. The van der Waals surface area contributed by atoms with E-state index in [1.165, 1.54) is 11.3 Å². The Bertz CT molecular complexity index is 913. The number of hydrogen-bond acceptors (Lipinski definition) is 6. The highest BCUT2D eigenvalue weighted by molar-refractivity contribution is 7.07. The van der Waals surface area contributed by atoms with Crippen LogP contribution in [0.3, 0.4) is 0 Å². The number of thiazole rings is 1. The Morgan fingerprint density at radius 3 is 2.64 bits per heavy atom. The van der Waals surface area contributed by atoms with E-state index in [1.807, 2.05) is 35.7 Å². The van der Waals surface area contributed by atoms with E-state index < -0.39 is 0 Å². The molecule has 1 N–H and O–H groups in total. The molecule has 7 heteroatoms. The number of hydrogen-bond donors (Lipinski definition) is 1. The van der Waals surface area contributed by atoms with Gasteiger partial charge >= 0.3 is 0 Å². The number of nitrogens with one attached hydrogen (secondary N) is 1. The second kappa shape index (κ2) is 9.75. The second-order valence-electron chi connectivity index (χ2n) is 5.96. The molecule has 0 saturated carbocycles. The number of carbonyl (C=O) groups excluding carboxylic acids is 1. The van der Waals surface area contributed by atoms with E-state index in [0.29, 0.717) is 42.4 Å². The van der Waals surface area contributed by atoms with Gasteiger partial charge in [-0.25, -0.2) is 4.98 Å². The molecule has 0 atom stereocenters. The predicted octanol–water partition coefficient (Wildman–Crippen LogP) is 3.71. The molecule has 28 heavy (non-hydrogen) atoms. The molecule has 0 aliphatic heterocycles. The van der Waals surface area contributed by atoms with Crippen LogP contribution >= 0.6 is 11.3 Å². The van der Waals surface area contributed by atoms with E-state index in [-0.39, 0.29) is 5.91 Å². The molecule has 6 nitrogen and oxygen atoms in total. The van der Waals surface area contributed by atoms with Gasteiger partial charge in [-0.3, -0.25) is 4.79 Å². The highest BCUT2D eigenvalue weighted by atomic mass is 32.1. The van der Waals surface area contributed by atoms with Gasteiger partial charge < -0.3 is 19.5 Å². The molecule has 0 bridgehead atoms. The molecule has 0 aliphatic rings. The van der Waals surface area contributed by atoms with Crippen LogP contribution in [0.2, 0.25) is 0 Å². The van der Waals surface area contributed by atoms with Gasteiger partial charge in [0.05, 0.1) is 31.0 Å². The second-order valence-corrected chi connectivity index (χ2v) is 6.68. The number of carbonyl (C=O) groups is 1. The zero-order chi connectivity index (χ0) is 19.8. The summed E-state index contributed by atoms with van der Waals surface area (Å²) in [5.74, 6) is 1.72. The van der Waals surface area contributed by atoms with Gasteiger partial charge in [0, 0.05) is 11.9 Å². The van der Waals surface area contributed by atoms with E-state index in [4.69, 9.17) is 14.2 Å². The lowest BCUT2D eigenvalue weighted by Gasteiger charge is -2.12. The van der Waals surface area contributed by atoms with Gasteiger partial charge in [-0.2, -0.15) is 0 Å². The van der Waals surface area contributed by atoms with Crippen molar-refractivity contribution >= 4 is 17.2 Å². The van der Waals surface area contributed by atoms with Gasteiger partial charge in [-0.15, -0.1) is 11.3 Å². The Morgan fingerprint density at radius 1 is 1.07 bits per heavy atom. The third-order valence-corrected chi connectivity index (χ3v) is 4.77. The van der Waals surface area contributed by atoms with Crippen LogP contribution in [-0.4, -0.2) is 31.7 Å². The molecule has 2 aromatic carbocycles. The van der Waals surface area contributed by atoms with E-state index in [2.05, 4.69) is 10.3 Å². The normalized spacial score (nSPS) is 10.4. The molecule has 0 spiro atoms. The fourth-order valence-corrected chi connectivity index (χ4v) is 3.24. The van der Waals surface area contributed by atoms with Gasteiger partial charge in [-0.05, 0) is 36.2 Å². The quantitative estimate of drug-likeness (QED) is 0.595. The molecule has 3 rings (SSSR count). The molecular formula is C21H22N2O4S. The van der Waals surface area contributed by atoms with Crippen molar-refractivity contribution in [2.24, 2.45) is 0 Å². The number of rotatable bonds is 9. The summed E-state index contributed by atoms with van der Waals surface area (Å²) >= 11 is 1.51. The predicted molar refractivity (Wildman–Crippen MR) is 108 cm³/mol. The van der Waals surface area contributed by atoms with Crippen molar-refractivity contribution in [3.05, 3.63) is 70.2 Å². The maximum Gasteiger partial charge on any atom is 0.255 e. The zero-order valence-electron chi connectivity index (χ0n) is 15.8. The number of ether oxygens (including phenoxy) is 3. The zero-order valence-corrected chi connectivity index (χ0v) is 16.6. The van der Waals surface area contributed by atoms with Crippen molar-refractivity contribution in [2.45, 2.75) is 13.0 Å². The van der Waals surface area contributed by atoms with Crippen LogP contribution in [0.15, 0.2) is 53.4 Å². The molecule has 1 heterocycles. The van der Waals surface area contributed by atoms with Crippen LogP contribution < -0.4 is 19.5 Å². The fraction of sp³-hybridized carbons (Fsp3) is 0.238. The monoisotopic (exact) mass is 398 g/mol. The van der Waals surface area contributed by atoms with Gasteiger partial charge in [0.1, 0.15) is 12.4 Å². The molecule has 1 aromatic heterocycles. The Balaban J connectivity index is 1.58. The molecular weight excluding hydrogens is 376 g/mol. The maximum absolute atomic E-state index is 12.6. The standard InChI is InChI=1S/C21H22N2O4S/c1-25-19-8-7-15(11-20(19)26-2)9-10-22-21(24)17-5-3-4-6-18(17)27-12-16-13-28-14-23-16/h3-8,11,13-14H,9-10,12H2,1-2H3,(H,22,24). The summed E-state index contributed by atoms with van der Waals surface area (Å²) in [4.78, 5) is 16.8. The first-order valence-corrected chi connectivity index (χ1v) is 9.73. The van der Waals surface area contributed by atoms with E-state index in [0.717, 1.165) is 11.3 Å². The first-order chi connectivity index (χ1) is 13.7. The highest BCUT2D eigenvalue weighted by Crippen LogP contribution is 2.27. The third-order valence-electron chi connectivity index (χ3n) is 4.14. The van der Waals surface area contributed by atoms with Crippen molar-refractivity contribution < 1.29 is 19.0 Å². The first-order valence-electron chi connectivity index (χ1n) is 8.79. The lowest BCUT2D eigenvalue weighted by molar-refractivity contribution is 0.0949. The molecule has 0 saturated heterocycles. The summed E-state index contributed by atoms with van der Waals surface area (Å²) < 4.78 is 16.3. The summed E-state index contributed by atoms with van der Waals surface area (Å²) in [7, 11) is 3.21. The average molecular weight is 398 g/mol. The fourth-order valence-electron chi connectivity index (χ4n) is 2.69. The third kappa shape index (κ3) is 5.01. The largest absolute Gasteiger partial charge is 0.493 e. The molecule has 0 unspecified atom stereocenters. The number of amides is 1. The Hall–Kier alpha value is -3.06. The first kappa shape index (κ1) is 19.7. The Labute approximate surface area is 168 Å². The van der Waals surface area contributed by atoms with Gasteiger partial charge in [-0.1, -0.05) is 18.2 Å². The van der Waals surface area contributed by atoms with E-state index in [9.17, 15) is 4.79 Å². The lowest BCUT2D eigenvalue weighted by atomic mass is 10.1. The van der Waals surface area contributed by atoms with Crippen LogP contribution in [0.5, 0.6) is 17.2 Å². The van der Waals surface area contributed by atoms with Crippen LogP contribution in [0.25, 0.3) is 0 Å². The summed E-state index contributed by atoms with van der Waals surface area (Å²) in [5.41, 5.74) is 4.15. The minimum atomic E-state index is -0.172. The number of aromatic nitrogens is 1. The Morgan fingerprint density at radius 2 is 1.89 bits per heavy atom. The number of methoxy groups -OCH3 is 2. The van der Waals surface area contributed by atoms with Crippen molar-refractivity contribution in [1.29, 1.82) is 0 Å². The van der Waals surface area contributed by atoms with Crippen LogP contribution in [0, 0.1) is 0 Å². The van der Waals surface area contributed by atoms with Crippen molar-refractivity contribution in [3.8, 4) is 17.2 Å². The topological polar surface area (TPSA) is 69.7 Å². The highest BCUT2D eigenvalue weighted by Gasteiger charge is 2.12. The molecule has 146 valence electrons. The van der Waals surface area contributed by atoms with Crippen molar-refractivity contribution in [1.82, 2.24) is 10.3 Å². The van der Waals surface area contributed by atoms with Gasteiger partial charge in [0.2, 0.25) is 0 Å². The SMILES string of the molecule is COc1ccc(CCNC(=O)c2ccccc2OCc2cscn2)cc1OC. The maximum atomic E-state index is 12.6. The molecule has 0 aliphatic carbocycles. The van der Waals surface area contributed by atoms with Gasteiger partial charge in [0.15, 0.2) is 11.5 Å². The van der Waals surface area contributed by atoms with E-state index in [1.54, 1.807) is 31.9 Å². The number of nitrogens with zero attached hydrogens (tertiary/aromatic N) is 1. The van der Waals surface area contributed by atoms with Crippen LogP contribution in [0.1, 0.15) is 21.6 Å². The molecule has 0 radical (unpaired) electrons. The van der Waals surface area contributed by atoms with Crippen molar-refractivity contribution in [3.63, 3.8) is 0 Å². The van der Waals surface area contributed by atoms with E-state index >= 15 is 0 Å². The number of para-hydroxylation sites is 1. The molecule has 1 amide bonds. The van der Waals surface area contributed by atoms with Crippen LogP contribution in [0.4, 0.5) is 0 Å². The summed E-state index contributed by atoms with van der Waals surface area (Å²) in [6.07, 6.45) is 0.675. The molecule has 0 fully saturated rings. The van der Waals surface area contributed by atoms with Gasteiger partial charge in [0.25, 0.3) is 5.91 Å². The summed E-state index contributed by atoms with van der Waals surface area (Å²) in [5, 5.41) is 4.86. The van der Waals surface area contributed by atoms with Crippen LogP contribution in [-0.2, 0) is 13.0 Å². The Kier molecular flexibility index (Phi) is 6.86. The molecule has 3 aromatic rings. The number of benzene rings is 2. The lowest BCUT2D eigenvalue weighted by Crippen LogP contribution is -2.26. The van der Waals surface area contributed by atoms with Crippen molar-refractivity contribution in [2.75, 3.05) is 20.8 Å². The summed E-state index contributed by atoms with van der Waals surface area (Å²) in [6, 6.07) is 12.9.